The number of hydrogen-bond acceptors (Lipinski definition) is 2. The highest BCUT2D eigenvalue weighted by atomic mass is 35.5. The third kappa shape index (κ3) is 3.35. The lowest BCUT2D eigenvalue weighted by Gasteiger charge is -2.09. The minimum atomic E-state index is 0. The number of aromatic nitrogens is 1. The first kappa shape index (κ1) is 13.5. The van der Waals surface area contributed by atoms with Crippen LogP contribution >= 0.6 is 24.0 Å². The monoisotopic (exact) mass is 235 g/mol. The van der Waals surface area contributed by atoms with Gasteiger partial charge in [0.05, 0.1) is 18.2 Å². The zero-order chi connectivity index (χ0) is 9.68. The summed E-state index contributed by atoms with van der Waals surface area (Å²) < 4.78 is 5.53. The fraction of sp³-hybridized carbons (Fsp3) is 0.500. The molecule has 1 heterocycles. The van der Waals surface area contributed by atoms with Crippen molar-refractivity contribution < 1.29 is 4.74 Å². The highest BCUT2D eigenvalue weighted by molar-refractivity contribution is 6.17. The predicted molar refractivity (Wildman–Crippen MR) is 61.6 cm³/mol. The maximum absolute atomic E-state index is 5.72. The van der Waals surface area contributed by atoms with Crippen LogP contribution in [0.5, 0.6) is 5.75 Å². The largest absolute Gasteiger partial charge is 0.493 e. The summed E-state index contributed by atoms with van der Waals surface area (Å²) in [5.74, 6) is 1.34. The van der Waals surface area contributed by atoms with Crippen molar-refractivity contribution in [3.63, 3.8) is 0 Å². The number of alkyl halides is 1. The van der Waals surface area contributed by atoms with E-state index in [-0.39, 0.29) is 12.4 Å². The van der Waals surface area contributed by atoms with Crippen LogP contribution in [0.25, 0.3) is 0 Å². The maximum atomic E-state index is 5.72. The van der Waals surface area contributed by atoms with Crippen molar-refractivity contribution in [1.29, 1.82) is 0 Å². The Morgan fingerprint density at radius 3 is 2.79 bits per heavy atom. The molecule has 1 rings (SSSR count). The van der Waals surface area contributed by atoms with Gasteiger partial charge in [-0.15, -0.1) is 24.0 Å². The highest BCUT2D eigenvalue weighted by Gasteiger charge is 2.04. The Morgan fingerprint density at radius 1 is 1.50 bits per heavy atom. The molecule has 0 aliphatic heterocycles. The van der Waals surface area contributed by atoms with Gasteiger partial charge in [-0.05, 0) is 19.4 Å². The number of rotatable bonds is 4. The van der Waals surface area contributed by atoms with Gasteiger partial charge in [-0.1, -0.05) is 6.92 Å². The van der Waals surface area contributed by atoms with Gasteiger partial charge in [0.15, 0.2) is 0 Å². The van der Waals surface area contributed by atoms with E-state index in [1.807, 2.05) is 13.0 Å². The molecule has 0 aromatic carbocycles. The predicted octanol–water partition coefficient (Wildman–Crippen LogP) is 3.34. The van der Waals surface area contributed by atoms with E-state index in [4.69, 9.17) is 16.3 Å². The Balaban J connectivity index is 0.00000169. The van der Waals surface area contributed by atoms with Gasteiger partial charge in [0, 0.05) is 11.8 Å². The molecule has 2 nitrogen and oxygen atoms in total. The SMILES string of the molecule is CCCOc1ccnc(CCl)c1C.Cl. The van der Waals surface area contributed by atoms with Crippen molar-refractivity contribution >= 4 is 24.0 Å². The molecule has 0 radical (unpaired) electrons. The van der Waals surface area contributed by atoms with Crippen LogP contribution < -0.4 is 4.74 Å². The van der Waals surface area contributed by atoms with E-state index in [9.17, 15) is 0 Å². The van der Waals surface area contributed by atoms with Crippen molar-refractivity contribution in [3.05, 3.63) is 23.5 Å². The summed E-state index contributed by atoms with van der Waals surface area (Å²) in [5, 5.41) is 0. The third-order valence-electron chi connectivity index (χ3n) is 1.85. The van der Waals surface area contributed by atoms with Crippen LogP contribution in [0.15, 0.2) is 12.3 Å². The summed E-state index contributed by atoms with van der Waals surface area (Å²) in [6.45, 7) is 4.81. The van der Waals surface area contributed by atoms with Crippen LogP contribution in [-0.4, -0.2) is 11.6 Å². The molecule has 1 aromatic rings. The van der Waals surface area contributed by atoms with Crippen LogP contribution in [0.3, 0.4) is 0 Å². The molecule has 0 aliphatic rings. The molecule has 0 atom stereocenters. The Kier molecular flexibility index (Phi) is 6.67. The lowest BCUT2D eigenvalue weighted by atomic mass is 10.2. The van der Waals surface area contributed by atoms with E-state index >= 15 is 0 Å². The molecule has 0 spiro atoms. The second-order valence-electron chi connectivity index (χ2n) is 2.86. The van der Waals surface area contributed by atoms with Crippen molar-refractivity contribution in [3.8, 4) is 5.75 Å². The number of halogens is 2. The fourth-order valence-corrected chi connectivity index (χ4v) is 1.33. The van der Waals surface area contributed by atoms with E-state index in [0.29, 0.717) is 5.88 Å². The van der Waals surface area contributed by atoms with Gasteiger partial charge in [-0.3, -0.25) is 4.98 Å². The Bertz CT molecular complexity index is 279. The van der Waals surface area contributed by atoms with Crippen LogP contribution in [0.2, 0.25) is 0 Å². The highest BCUT2D eigenvalue weighted by Crippen LogP contribution is 2.20. The first-order valence-corrected chi connectivity index (χ1v) is 4.96. The van der Waals surface area contributed by atoms with Crippen molar-refractivity contribution in [2.24, 2.45) is 0 Å². The lowest BCUT2D eigenvalue weighted by Crippen LogP contribution is -2.00. The quantitative estimate of drug-likeness (QED) is 0.748. The summed E-state index contributed by atoms with van der Waals surface area (Å²) in [4.78, 5) is 4.15. The standard InChI is InChI=1S/C10H14ClNO.ClH/c1-3-6-13-10-4-5-12-9(7-11)8(10)2;/h4-5H,3,6-7H2,1-2H3;1H. The lowest BCUT2D eigenvalue weighted by molar-refractivity contribution is 0.314. The van der Waals surface area contributed by atoms with E-state index < -0.39 is 0 Å². The zero-order valence-electron chi connectivity index (χ0n) is 8.42. The smallest absolute Gasteiger partial charge is 0.125 e. The van der Waals surface area contributed by atoms with Gasteiger partial charge in [-0.2, -0.15) is 0 Å². The van der Waals surface area contributed by atoms with Crippen molar-refractivity contribution in [2.45, 2.75) is 26.1 Å². The fourth-order valence-electron chi connectivity index (χ4n) is 1.06. The first-order chi connectivity index (χ1) is 6.29. The molecular weight excluding hydrogens is 221 g/mol. The van der Waals surface area contributed by atoms with Crippen LogP contribution in [-0.2, 0) is 5.88 Å². The molecule has 0 bridgehead atoms. The molecule has 0 unspecified atom stereocenters. The molecule has 0 amide bonds. The second-order valence-corrected chi connectivity index (χ2v) is 3.13. The summed E-state index contributed by atoms with van der Waals surface area (Å²) >= 11 is 5.72. The average Bonchev–Trinajstić information content (AvgIpc) is 2.16. The molecule has 4 heteroatoms. The Morgan fingerprint density at radius 2 is 2.21 bits per heavy atom. The summed E-state index contributed by atoms with van der Waals surface area (Å²) in [5.41, 5.74) is 1.95. The molecular formula is C10H15Cl2NO. The maximum Gasteiger partial charge on any atom is 0.125 e. The number of nitrogens with zero attached hydrogens (tertiary/aromatic N) is 1. The first-order valence-electron chi connectivity index (χ1n) is 4.42. The van der Waals surface area contributed by atoms with Gasteiger partial charge in [0.25, 0.3) is 0 Å². The molecule has 1 aromatic heterocycles. The van der Waals surface area contributed by atoms with Gasteiger partial charge in [0.2, 0.25) is 0 Å². The normalized spacial score (nSPS) is 9.36. The second kappa shape index (κ2) is 6.91. The molecule has 0 saturated heterocycles. The molecule has 0 aliphatic carbocycles. The zero-order valence-corrected chi connectivity index (χ0v) is 9.99. The van der Waals surface area contributed by atoms with Gasteiger partial charge >= 0.3 is 0 Å². The van der Waals surface area contributed by atoms with Gasteiger partial charge in [0.1, 0.15) is 5.75 Å². The van der Waals surface area contributed by atoms with Crippen molar-refractivity contribution in [2.75, 3.05) is 6.61 Å². The topological polar surface area (TPSA) is 22.1 Å². The average molecular weight is 236 g/mol. The Hall–Kier alpha value is -0.470. The number of pyridine rings is 1. The van der Waals surface area contributed by atoms with E-state index in [1.165, 1.54) is 0 Å². The third-order valence-corrected chi connectivity index (χ3v) is 2.10. The molecule has 0 saturated carbocycles. The van der Waals surface area contributed by atoms with E-state index in [2.05, 4.69) is 11.9 Å². The summed E-state index contributed by atoms with van der Waals surface area (Å²) in [6.07, 6.45) is 2.74. The minimum Gasteiger partial charge on any atom is -0.493 e. The van der Waals surface area contributed by atoms with Crippen molar-refractivity contribution in [1.82, 2.24) is 4.98 Å². The molecule has 14 heavy (non-hydrogen) atoms. The number of ether oxygens (including phenoxy) is 1. The molecule has 0 N–H and O–H groups in total. The van der Waals surface area contributed by atoms with Crippen LogP contribution in [0.1, 0.15) is 24.6 Å². The van der Waals surface area contributed by atoms with Crippen LogP contribution in [0, 0.1) is 6.92 Å². The Labute approximate surface area is 96.0 Å². The molecule has 0 fully saturated rings. The van der Waals surface area contributed by atoms with Gasteiger partial charge < -0.3 is 4.74 Å². The number of hydrogen-bond donors (Lipinski definition) is 0. The summed E-state index contributed by atoms with van der Waals surface area (Å²) in [7, 11) is 0. The molecule has 80 valence electrons. The van der Waals surface area contributed by atoms with E-state index in [0.717, 1.165) is 30.0 Å². The minimum absolute atomic E-state index is 0. The van der Waals surface area contributed by atoms with E-state index in [1.54, 1.807) is 6.20 Å². The van der Waals surface area contributed by atoms with Gasteiger partial charge in [-0.25, -0.2) is 0 Å². The van der Waals surface area contributed by atoms with Crippen LogP contribution in [0.4, 0.5) is 0 Å². The summed E-state index contributed by atoms with van der Waals surface area (Å²) in [6, 6.07) is 1.88.